The van der Waals surface area contributed by atoms with Crippen LogP contribution in [-0.4, -0.2) is 15.3 Å². The lowest BCUT2D eigenvalue weighted by Gasteiger charge is -2.08. The summed E-state index contributed by atoms with van der Waals surface area (Å²) in [6.45, 7) is 4.13. The molecule has 7 heteroatoms. The van der Waals surface area contributed by atoms with E-state index in [1.165, 1.54) is 12.1 Å². The highest BCUT2D eigenvalue weighted by atomic mass is 32.2. The van der Waals surface area contributed by atoms with E-state index in [0.29, 0.717) is 6.54 Å². The summed E-state index contributed by atoms with van der Waals surface area (Å²) >= 11 is -0.122. The van der Waals surface area contributed by atoms with Crippen molar-refractivity contribution in [3.05, 3.63) is 48.8 Å². The number of aromatic nitrogens is 2. The molecule has 0 unspecified atom stereocenters. The van der Waals surface area contributed by atoms with Gasteiger partial charge >= 0.3 is 5.51 Å². The van der Waals surface area contributed by atoms with Crippen LogP contribution in [0.3, 0.4) is 0 Å². The summed E-state index contributed by atoms with van der Waals surface area (Å²) in [5.74, 6) is 0. The van der Waals surface area contributed by atoms with Crippen molar-refractivity contribution in [2.24, 2.45) is 0 Å². The number of rotatable bonds is 5. The van der Waals surface area contributed by atoms with Gasteiger partial charge < -0.3 is 5.32 Å². The van der Waals surface area contributed by atoms with E-state index in [2.05, 4.69) is 17.0 Å². The summed E-state index contributed by atoms with van der Waals surface area (Å²) in [6.07, 6.45) is 5.09. The lowest BCUT2D eigenvalue weighted by Crippen LogP contribution is -2.00. The fourth-order valence-corrected chi connectivity index (χ4v) is 2.09. The highest BCUT2D eigenvalue weighted by molar-refractivity contribution is 8.00. The van der Waals surface area contributed by atoms with Crippen LogP contribution >= 0.6 is 11.8 Å². The van der Waals surface area contributed by atoms with Crippen molar-refractivity contribution in [2.75, 3.05) is 5.32 Å². The quantitative estimate of drug-likeness (QED) is 0.839. The standard InChI is InChI=1S/C13H12F3N3S/c1-2-19-9-10(8-18-19)7-17-11-3-5-12(6-4-11)20-13(14,15)16/h2-6,8-9,17H,1,7H2. The Bertz CT molecular complexity index is 575. The Balaban J connectivity index is 1.92. The van der Waals surface area contributed by atoms with Crippen molar-refractivity contribution in [2.45, 2.75) is 16.9 Å². The summed E-state index contributed by atoms with van der Waals surface area (Å²) < 4.78 is 38.1. The average molecular weight is 299 g/mol. The van der Waals surface area contributed by atoms with Crippen molar-refractivity contribution in [1.29, 1.82) is 0 Å². The second kappa shape index (κ2) is 6.04. The Kier molecular flexibility index (Phi) is 4.39. The first kappa shape index (κ1) is 14.5. The molecule has 0 fully saturated rings. The monoisotopic (exact) mass is 299 g/mol. The number of alkyl halides is 3. The van der Waals surface area contributed by atoms with Crippen LogP contribution in [-0.2, 0) is 6.54 Å². The lowest BCUT2D eigenvalue weighted by molar-refractivity contribution is -0.0328. The van der Waals surface area contributed by atoms with Crippen molar-refractivity contribution in [3.8, 4) is 0 Å². The maximum Gasteiger partial charge on any atom is 0.446 e. The van der Waals surface area contributed by atoms with Crippen LogP contribution in [0.15, 0.2) is 48.1 Å². The number of thioether (sulfide) groups is 1. The maximum absolute atomic E-state index is 12.2. The van der Waals surface area contributed by atoms with Gasteiger partial charge in [-0.15, -0.1) is 0 Å². The normalized spacial score (nSPS) is 11.3. The molecule has 0 amide bonds. The number of halogens is 3. The van der Waals surface area contributed by atoms with Crippen LogP contribution in [0, 0.1) is 0 Å². The van der Waals surface area contributed by atoms with Gasteiger partial charge in [0.25, 0.3) is 0 Å². The minimum Gasteiger partial charge on any atom is -0.381 e. The largest absolute Gasteiger partial charge is 0.446 e. The van der Waals surface area contributed by atoms with Crippen LogP contribution < -0.4 is 5.32 Å². The minimum atomic E-state index is -4.26. The molecule has 20 heavy (non-hydrogen) atoms. The van der Waals surface area contributed by atoms with Gasteiger partial charge in [-0.3, -0.25) is 0 Å². The summed E-state index contributed by atoms with van der Waals surface area (Å²) in [5, 5.41) is 7.14. The first-order valence-corrected chi connectivity index (χ1v) is 6.53. The van der Waals surface area contributed by atoms with Crippen LogP contribution in [0.25, 0.3) is 6.20 Å². The molecule has 106 valence electrons. The summed E-state index contributed by atoms with van der Waals surface area (Å²) in [4.78, 5) is 0.169. The number of nitrogens with zero attached hydrogens (tertiary/aromatic N) is 2. The summed E-state index contributed by atoms with van der Waals surface area (Å²) in [7, 11) is 0. The third-order valence-corrected chi connectivity index (χ3v) is 3.17. The second-order valence-corrected chi connectivity index (χ2v) is 5.08. The SMILES string of the molecule is C=Cn1cc(CNc2ccc(SC(F)(F)F)cc2)cn1. The number of hydrogen-bond donors (Lipinski definition) is 1. The zero-order valence-electron chi connectivity index (χ0n) is 10.4. The van der Waals surface area contributed by atoms with Crippen molar-refractivity contribution < 1.29 is 13.2 Å². The Morgan fingerprint density at radius 2 is 2.00 bits per heavy atom. The van der Waals surface area contributed by atoms with Gasteiger partial charge in [-0.1, -0.05) is 6.58 Å². The molecule has 0 saturated heterocycles. The first-order valence-electron chi connectivity index (χ1n) is 5.71. The number of anilines is 1. The molecule has 1 heterocycles. The molecule has 0 aliphatic carbocycles. The zero-order valence-corrected chi connectivity index (χ0v) is 11.2. The van der Waals surface area contributed by atoms with Crippen molar-refractivity contribution in [1.82, 2.24) is 9.78 Å². The molecule has 0 aliphatic heterocycles. The molecule has 0 atom stereocenters. The number of benzene rings is 1. The van der Waals surface area contributed by atoms with Crippen LogP contribution in [0.5, 0.6) is 0 Å². The third kappa shape index (κ3) is 4.34. The predicted molar refractivity (Wildman–Crippen MR) is 74.3 cm³/mol. The van der Waals surface area contributed by atoms with Gasteiger partial charge in [-0.2, -0.15) is 18.3 Å². The Labute approximate surface area is 118 Å². The molecule has 0 spiro atoms. The number of nitrogens with one attached hydrogen (secondary N) is 1. The fourth-order valence-electron chi connectivity index (χ4n) is 1.55. The van der Waals surface area contributed by atoms with Crippen molar-refractivity contribution >= 4 is 23.6 Å². The van der Waals surface area contributed by atoms with E-state index in [9.17, 15) is 13.2 Å². The molecule has 1 aromatic carbocycles. The van der Waals surface area contributed by atoms with E-state index >= 15 is 0 Å². The van der Waals surface area contributed by atoms with E-state index in [0.717, 1.165) is 11.3 Å². The van der Waals surface area contributed by atoms with Gasteiger partial charge in [0.2, 0.25) is 0 Å². The van der Waals surface area contributed by atoms with Gasteiger partial charge in [0.1, 0.15) is 0 Å². The van der Waals surface area contributed by atoms with Crippen LogP contribution in [0.2, 0.25) is 0 Å². The Morgan fingerprint density at radius 3 is 2.55 bits per heavy atom. The maximum atomic E-state index is 12.2. The minimum absolute atomic E-state index is 0.122. The van der Waals surface area contributed by atoms with Crippen LogP contribution in [0.1, 0.15) is 5.56 Å². The molecular weight excluding hydrogens is 287 g/mol. The van der Waals surface area contributed by atoms with E-state index in [1.807, 2.05) is 6.20 Å². The van der Waals surface area contributed by atoms with E-state index < -0.39 is 5.51 Å². The zero-order chi connectivity index (χ0) is 14.6. The van der Waals surface area contributed by atoms with Crippen LogP contribution in [0.4, 0.5) is 18.9 Å². The summed E-state index contributed by atoms with van der Waals surface area (Å²) in [5.41, 5.74) is -2.55. The van der Waals surface area contributed by atoms with Gasteiger partial charge in [0.15, 0.2) is 0 Å². The lowest BCUT2D eigenvalue weighted by atomic mass is 10.3. The average Bonchev–Trinajstić information content (AvgIpc) is 2.84. The molecule has 0 saturated carbocycles. The van der Waals surface area contributed by atoms with E-state index in [1.54, 1.807) is 29.2 Å². The highest BCUT2D eigenvalue weighted by Gasteiger charge is 2.28. The molecule has 2 aromatic rings. The molecule has 0 bridgehead atoms. The Hall–Kier alpha value is -1.89. The van der Waals surface area contributed by atoms with Gasteiger partial charge in [0.05, 0.1) is 6.20 Å². The smallest absolute Gasteiger partial charge is 0.381 e. The van der Waals surface area contributed by atoms with Gasteiger partial charge in [0, 0.05) is 35.1 Å². The molecule has 2 rings (SSSR count). The molecule has 0 radical (unpaired) electrons. The first-order chi connectivity index (χ1) is 9.46. The Morgan fingerprint density at radius 1 is 1.30 bits per heavy atom. The topological polar surface area (TPSA) is 29.9 Å². The molecule has 0 aliphatic rings. The van der Waals surface area contributed by atoms with Gasteiger partial charge in [-0.05, 0) is 36.0 Å². The molecular formula is C13H12F3N3S. The molecule has 1 aromatic heterocycles. The third-order valence-electron chi connectivity index (χ3n) is 2.43. The number of hydrogen-bond acceptors (Lipinski definition) is 3. The second-order valence-electron chi connectivity index (χ2n) is 3.94. The van der Waals surface area contributed by atoms with E-state index in [-0.39, 0.29) is 16.7 Å². The molecule has 1 N–H and O–H groups in total. The van der Waals surface area contributed by atoms with Crippen molar-refractivity contribution in [3.63, 3.8) is 0 Å². The highest BCUT2D eigenvalue weighted by Crippen LogP contribution is 2.37. The predicted octanol–water partition coefficient (Wildman–Crippen LogP) is 4.21. The fraction of sp³-hybridized carbons (Fsp3) is 0.154. The van der Waals surface area contributed by atoms with Gasteiger partial charge in [-0.25, -0.2) is 4.68 Å². The van der Waals surface area contributed by atoms with E-state index in [4.69, 9.17) is 0 Å². The summed E-state index contributed by atoms with van der Waals surface area (Å²) in [6, 6.07) is 6.11. The molecule has 3 nitrogen and oxygen atoms in total.